The second-order valence-electron chi connectivity index (χ2n) is 7.51. The van der Waals surface area contributed by atoms with Gasteiger partial charge in [-0.05, 0) is 62.6 Å². The number of ether oxygens (including phenoxy) is 1. The summed E-state index contributed by atoms with van der Waals surface area (Å²) in [6, 6.07) is 7.73. The standard InChI is InChI=1S/C21H28N4O4/c1-14-5-6-17(18(26)10-14)21-15(2)11-19(23-24-21)22-16-4-3-7-25(12-16)8-9-29-13-20(27)28/h5-6,10-11,16,26H,3-4,7-9,12-13H2,1-2H3,(H,22,23)(H,27,28). The highest BCUT2D eigenvalue weighted by molar-refractivity contribution is 5.70. The Morgan fingerprint density at radius 2 is 2.14 bits per heavy atom. The molecule has 1 aliphatic heterocycles. The second kappa shape index (κ2) is 9.67. The number of aromatic nitrogens is 2. The van der Waals surface area contributed by atoms with Crippen molar-refractivity contribution in [3.05, 3.63) is 35.4 Å². The summed E-state index contributed by atoms with van der Waals surface area (Å²) in [7, 11) is 0. The first-order valence-corrected chi connectivity index (χ1v) is 9.85. The zero-order valence-corrected chi connectivity index (χ0v) is 16.9. The third-order valence-corrected chi connectivity index (χ3v) is 5.03. The van der Waals surface area contributed by atoms with Crippen LogP contribution in [0.3, 0.4) is 0 Å². The van der Waals surface area contributed by atoms with Gasteiger partial charge in [-0.15, -0.1) is 10.2 Å². The van der Waals surface area contributed by atoms with Crippen LogP contribution in [-0.4, -0.2) is 70.2 Å². The number of likely N-dealkylation sites (tertiary alicyclic amines) is 1. The van der Waals surface area contributed by atoms with Crippen LogP contribution in [-0.2, 0) is 9.53 Å². The monoisotopic (exact) mass is 400 g/mol. The van der Waals surface area contributed by atoms with E-state index in [1.807, 2.05) is 32.0 Å². The Labute approximate surface area is 170 Å². The Morgan fingerprint density at radius 1 is 1.31 bits per heavy atom. The van der Waals surface area contributed by atoms with Crippen LogP contribution in [0.5, 0.6) is 5.75 Å². The van der Waals surface area contributed by atoms with Crippen LogP contribution in [0.25, 0.3) is 11.3 Å². The maximum Gasteiger partial charge on any atom is 0.329 e. The molecule has 1 aliphatic rings. The summed E-state index contributed by atoms with van der Waals surface area (Å²) in [6.45, 7) is 6.58. The molecule has 8 heteroatoms. The van der Waals surface area contributed by atoms with Crippen molar-refractivity contribution in [1.82, 2.24) is 15.1 Å². The minimum absolute atomic E-state index is 0.205. The van der Waals surface area contributed by atoms with E-state index in [-0.39, 0.29) is 18.4 Å². The summed E-state index contributed by atoms with van der Waals surface area (Å²) in [5.74, 6) is -0.0255. The van der Waals surface area contributed by atoms with Gasteiger partial charge in [-0.2, -0.15) is 0 Å². The molecule has 1 atom stereocenters. The molecule has 0 radical (unpaired) electrons. The summed E-state index contributed by atoms with van der Waals surface area (Å²) in [5.41, 5.74) is 3.29. The summed E-state index contributed by atoms with van der Waals surface area (Å²) in [4.78, 5) is 12.8. The first kappa shape index (κ1) is 21.0. The van der Waals surface area contributed by atoms with Gasteiger partial charge in [0.1, 0.15) is 18.2 Å². The summed E-state index contributed by atoms with van der Waals surface area (Å²) in [5, 5.41) is 30.9. The fraction of sp³-hybridized carbons (Fsp3) is 0.476. The molecule has 0 amide bonds. The smallest absolute Gasteiger partial charge is 0.329 e. The van der Waals surface area contributed by atoms with E-state index in [1.54, 1.807) is 6.07 Å². The van der Waals surface area contributed by atoms with Gasteiger partial charge in [0.05, 0.1) is 12.3 Å². The van der Waals surface area contributed by atoms with E-state index in [0.29, 0.717) is 30.2 Å². The van der Waals surface area contributed by atoms with E-state index >= 15 is 0 Å². The number of rotatable bonds is 8. The van der Waals surface area contributed by atoms with Crippen LogP contribution in [0.2, 0.25) is 0 Å². The molecule has 1 aromatic heterocycles. The Hall–Kier alpha value is -2.71. The number of aromatic hydroxyl groups is 1. The number of phenolic OH excluding ortho intramolecular Hbond substituents is 1. The quantitative estimate of drug-likeness (QED) is 0.580. The average molecular weight is 400 g/mol. The van der Waals surface area contributed by atoms with E-state index in [1.165, 1.54) is 0 Å². The van der Waals surface area contributed by atoms with Crippen molar-refractivity contribution in [2.75, 3.05) is 38.2 Å². The highest BCUT2D eigenvalue weighted by atomic mass is 16.5. The molecule has 1 unspecified atom stereocenters. The Kier molecular flexibility index (Phi) is 7.00. The van der Waals surface area contributed by atoms with E-state index in [0.717, 1.165) is 37.1 Å². The zero-order valence-electron chi connectivity index (χ0n) is 16.9. The molecule has 8 nitrogen and oxygen atoms in total. The van der Waals surface area contributed by atoms with Crippen LogP contribution < -0.4 is 5.32 Å². The lowest BCUT2D eigenvalue weighted by Gasteiger charge is -2.33. The number of carboxylic acid groups (broad SMARTS) is 1. The molecule has 0 bridgehead atoms. The SMILES string of the molecule is Cc1ccc(-c2nnc(NC3CCCN(CCOCC(=O)O)C3)cc2C)c(O)c1. The van der Waals surface area contributed by atoms with Gasteiger partial charge < -0.3 is 20.3 Å². The molecule has 156 valence electrons. The number of anilines is 1. The number of aliphatic carboxylic acids is 1. The summed E-state index contributed by atoms with van der Waals surface area (Å²) < 4.78 is 5.13. The van der Waals surface area contributed by atoms with Gasteiger partial charge in [-0.3, -0.25) is 4.90 Å². The number of carbonyl (C=O) groups is 1. The normalized spacial score (nSPS) is 17.2. The van der Waals surface area contributed by atoms with Gasteiger partial charge in [-0.1, -0.05) is 6.07 Å². The molecule has 0 aliphatic carbocycles. The Bertz CT molecular complexity index is 859. The molecule has 3 rings (SSSR count). The first-order valence-electron chi connectivity index (χ1n) is 9.85. The van der Waals surface area contributed by atoms with Gasteiger partial charge in [0.25, 0.3) is 0 Å². The molecular formula is C21H28N4O4. The molecule has 0 saturated carbocycles. The van der Waals surface area contributed by atoms with Gasteiger partial charge in [0.2, 0.25) is 0 Å². The average Bonchev–Trinajstić information content (AvgIpc) is 2.66. The van der Waals surface area contributed by atoms with Crippen LogP contribution in [0.1, 0.15) is 24.0 Å². The number of aryl methyl sites for hydroxylation is 2. The number of hydrogen-bond acceptors (Lipinski definition) is 7. The van der Waals surface area contributed by atoms with Crippen molar-refractivity contribution in [3.63, 3.8) is 0 Å². The molecule has 29 heavy (non-hydrogen) atoms. The fourth-order valence-electron chi connectivity index (χ4n) is 3.60. The van der Waals surface area contributed by atoms with E-state index in [2.05, 4.69) is 20.4 Å². The van der Waals surface area contributed by atoms with Crippen LogP contribution in [0.15, 0.2) is 24.3 Å². The topological polar surface area (TPSA) is 108 Å². The molecule has 1 aromatic carbocycles. The molecule has 2 heterocycles. The van der Waals surface area contributed by atoms with E-state index < -0.39 is 5.97 Å². The van der Waals surface area contributed by atoms with Crippen molar-refractivity contribution in [2.24, 2.45) is 0 Å². The van der Waals surface area contributed by atoms with Crippen LogP contribution in [0, 0.1) is 13.8 Å². The second-order valence-corrected chi connectivity index (χ2v) is 7.51. The molecular weight excluding hydrogens is 372 g/mol. The highest BCUT2D eigenvalue weighted by Gasteiger charge is 2.20. The van der Waals surface area contributed by atoms with Gasteiger partial charge in [0, 0.05) is 24.7 Å². The number of nitrogens with one attached hydrogen (secondary N) is 1. The number of piperidine rings is 1. The number of nitrogens with zero attached hydrogens (tertiary/aromatic N) is 3. The van der Waals surface area contributed by atoms with Crippen molar-refractivity contribution in [3.8, 4) is 17.0 Å². The molecule has 1 saturated heterocycles. The van der Waals surface area contributed by atoms with Crippen molar-refractivity contribution in [2.45, 2.75) is 32.7 Å². The molecule has 3 N–H and O–H groups in total. The highest BCUT2D eigenvalue weighted by Crippen LogP contribution is 2.31. The Morgan fingerprint density at radius 3 is 2.86 bits per heavy atom. The largest absolute Gasteiger partial charge is 0.507 e. The molecule has 1 fully saturated rings. The Balaban J connectivity index is 1.58. The van der Waals surface area contributed by atoms with E-state index in [4.69, 9.17) is 9.84 Å². The number of phenols is 1. The summed E-state index contributed by atoms with van der Waals surface area (Å²) in [6.07, 6.45) is 2.09. The zero-order chi connectivity index (χ0) is 20.8. The van der Waals surface area contributed by atoms with Gasteiger partial charge in [-0.25, -0.2) is 4.79 Å². The van der Waals surface area contributed by atoms with Crippen LogP contribution >= 0.6 is 0 Å². The third-order valence-electron chi connectivity index (χ3n) is 5.03. The number of hydrogen-bond donors (Lipinski definition) is 3. The molecule has 2 aromatic rings. The maximum atomic E-state index is 10.5. The maximum absolute atomic E-state index is 10.5. The lowest BCUT2D eigenvalue weighted by atomic mass is 10.0. The van der Waals surface area contributed by atoms with E-state index in [9.17, 15) is 9.90 Å². The lowest BCUT2D eigenvalue weighted by Crippen LogP contribution is -2.43. The summed E-state index contributed by atoms with van der Waals surface area (Å²) >= 11 is 0. The van der Waals surface area contributed by atoms with Crippen LogP contribution in [0.4, 0.5) is 5.82 Å². The van der Waals surface area contributed by atoms with Gasteiger partial charge >= 0.3 is 5.97 Å². The fourth-order valence-corrected chi connectivity index (χ4v) is 3.60. The van der Waals surface area contributed by atoms with Crippen molar-refractivity contribution in [1.29, 1.82) is 0 Å². The lowest BCUT2D eigenvalue weighted by molar-refractivity contribution is -0.142. The minimum atomic E-state index is -0.945. The predicted molar refractivity (Wildman–Crippen MR) is 110 cm³/mol. The number of carboxylic acids is 1. The third kappa shape index (κ3) is 5.88. The van der Waals surface area contributed by atoms with Gasteiger partial charge in [0.15, 0.2) is 0 Å². The minimum Gasteiger partial charge on any atom is -0.507 e. The van der Waals surface area contributed by atoms with Crippen molar-refractivity contribution >= 4 is 11.8 Å². The first-order chi connectivity index (χ1) is 13.9. The van der Waals surface area contributed by atoms with Crippen molar-refractivity contribution < 1.29 is 19.7 Å². The predicted octanol–water partition coefficient (Wildman–Crippen LogP) is 2.44. The number of benzene rings is 1. The molecule has 0 spiro atoms.